The Labute approximate surface area is 176 Å². The van der Waals surface area contributed by atoms with Gasteiger partial charge in [0.1, 0.15) is 16.6 Å². The molecule has 1 unspecified atom stereocenters. The number of nitrogen functional groups attached to an aromatic ring is 1. The van der Waals surface area contributed by atoms with E-state index in [1.54, 1.807) is 11.8 Å². The highest BCUT2D eigenvalue weighted by atomic mass is 32.2. The Hall–Kier alpha value is -2.46. The van der Waals surface area contributed by atoms with Crippen LogP contribution >= 0.6 is 23.1 Å². The largest absolute Gasteiger partial charge is 0.400 e. The first kappa shape index (κ1) is 23.6. The molecule has 4 nitrogen and oxygen atoms in total. The summed E-state index contributed by atoms with van der Waals surface area (Å²) in [7, 11) is 1.00. The van der Waals surface area contributed by atoms with Crippen molar-refractivity contribution in [2.24, 2.45) is 0 Å². The minimum absolute atomic E-state index is 0.0638. The van der Waals surface area contributed by atoms with Crippen LogP contribution in [0.5, 0.6) is 0 Å². The zero-order valence-electron chi connectivity index (χ0n) is 16.7. The molecule has 0 amide bonds. The molecule has 0 aliphatic carbocycles. The van der Waals surface area contributed by atoms with Gasteiger partial charge in [0.15, 0.2) is 0 Å². The Morgan fingerprint density at radius 1 is 1.43 bits per heavy atom. The van der Waals surface area contributed by atoms with E-state index in [4.69, 9.17) is 10.8 Å². The first-order valence-corrected chi connectivity index (χ1v) is 10.7. The van der Waals surface area contributed by atoms with Crippen molar-refractivity contribution in [3.8, 4) is 6.07 Å². The number of nitriles is 1. The topological polar surface area (TPSA) is 82.1 Å². The normalized spacial score (nSPS) is 12.1. The molecule has 2 aromatic rings. The second kappa shape index (κ2) is 12.1. The number of anilines is 3. The van der Waals surface area contributed by atoms with Crippen molar-refractivity contribution >= 4 is 39.5 Å². The van der Waals surface area contributed by atoms with Gasteiger partial charge in [-0.25, -0.2) is 0 Å². The number of aliphatic hydroxyl groups excluding tert-OH is 1. The first-order chi connectivity index (χ1) is 13.5. The lowest BCUT2D eigenvalue weighted by Crippen LogP contribution is -1.98. The van der Waals surface area contributed by atoms with Gasteiger partial charge < -0.3 is 16.2 Å². The molecule has 4 N–H and O–H groups in total. The van der Waals surface area contributed by atoms with Crippen LogP contribution < -0.4 is 11.1 Å². The van der Waals surface area contributed by atoms with E-state index in [2.05, 4.69) is 37.0 Å². The summed E-state index contributed by atoms with van der Waals surface area (Å²) in [6, 6.07) is 10.3. The summed E-state index contributed by atoms with van der Waals surface area (Å²) >= 11 is 3.21. The standard InChI is InChI=1S/C21H23N3S2.CH4O/c1-5-7-9-15(6-2)14(3)20-19(23)18(13-22)21(26-20)24-16-10-8-11-17(12-16)25-4;1-2/h5-12,14,24H,2,23H2,1,3-4H3;2H,1H3/b7-5-,15-9+;. The van der Waals surface area contributed by atoms with Gasteiger partial charge in [-0.3, -0.25) is 0 Å². The Kier molecular flexibility index (Phi) is 10.2. The summed E-state index contributed by atoms with van der Waals surface area (Å²) in [6.07, 6.45) is 9.86. The number of allylic oxidation sites excluding steroid dienone is 5. The summed E-state index contributed by atoms with van der Waals surface area (Å²) in [4.78, 5) is 2.13. The zero-order chi connectivity index (χ0) is 21.1. The predicted octanol–water partition coefficient (Wildman–Crippen LogP) is 6.07. The van der Waals surface area contributed by atoms with E-state index in [-0.39, 0.29) is 5.92 Å². The third kappa shape index (κ3) is 5.77. The number of benzene rings is 1. The predicted molar refractivity (Wildman–Crippen MR) is 125 cm³/mol. The number of nitrogens with one attached hydrogen (secondary N) is 1. The fourth-order valence-electron chi connectivity index (χ4n) is 2.56. The molecule has 0 aliphatic rings. The Morgan fingerprint density at radius 3 is 2.71 bits per heavy atom. The maximum atomic E-state index is 9.60. The molecule has 1 aromatic carbocycles. The number of hydrogen-bond acceptors (Lipinski definition) is 6. The molecule has 148 valence electrons. The lowest BCUT2D eigenvalue weighted by molar-refractivity contribution is 0.399. The number of thiophene rings is 1. The number of nitrogens with two attached hydrogens (primary N) is 1. The van der Waals surface area contributed by atoms with Crippen LogP contribution in [-0.2, 0) is 0 Å². The van der Waals surface area contributed by atoms with Gasteiger partial charge in [-0.15, -0.1) is 23.1 Å². The summed E-state index contributed by atoms with van der Waals surface area (Å²) in [6.45, 7) is 7.96. The Bertz CT molecular complexity index is 892. The summed E-state index contributed by atoms with van der Waals surface area (Å²) < 4.78 is 0. The number of nitrogens with zero attached hydrogens (tertiary/aromatic N) is 1. The highest BCUT2D eigenvalue weighted by molar-refractivity contribution is 7.98. The van der Waals surface area contributed by atoms with Crippen LogP contribution in [0.4, 0.5) is 16.4 Å². The second-order valence-corrected chi connectivity index (χ2v) is 7.60. The van der Waals surface area contributed by atoms with E-state index >= 15 is 0 Å². The number of aliphatic hydroxyl groups is 1. The minimum atomic E-state index is 0.0638. The van der Waals surface area contributed by atoms with Gasteiger partial charge in [0, 0.05) is 28.5 Å². The average molecular weight is 414 g/mol. The number of hydrogen-bond donors (Lipinski definition) is 3. The highest BCUT2D eigenvalue weighted by Gasteiger charge is 2.21. The van der Waals surface area contributed by atoms with E-state index in [0.717, 1.165) is 33.1 Å². The van der Waals surface area contributed by atoms with E-state index in [9.17, 15) is 5.26 Å². The molecule has 1 heterocycles. The molecule has 2 rings (SSSR count). The molecule has 0 saturated heterocycles. The van der Waals surface area contributed by atoms with Gasteiger partial charge in [-0.2, -0.15) is 5.26 Å². The van der Waals surface area contributed by atoms with Crippen molar-refractivity contribution in [2.45, 2.75) is 24.7 Å². The van der Waals surface area contributed by atoms with Crippen LogP contribution in [0.2, 0.25) is 0 Å². The van der Waals surface area contributed by atoms with E-state index in [1.807, 2.05) is 49.6 Å². The molecule has 6 heteroatoms. The van der Waals surface area contributed by atoms with Crippen molar-refractivity contribution < 1.29 is 5.11 Å². The van der Waals surface area contributed by atoms with Gasteiger partial charge in [0.25, 0.3) is 0 Å². The Morgan fingerprint density at radius 2 is 2.14 bits per heavy atom. The third-order valence-electron chi connectivity index (χ3n) is 4.02. The number of thioether (sulfide) groups is 1. The van der Waals surface area contributed by atoms with Crippen LogP contribution in [0, 0.1) is 11.3 Å². The lowest BCUT2D eigenvalue weighted by atomic mass is 9.97. The molecular weight excluding hydrogens is 386 g/mol. The Balaban J connectivity index is 0.00000190. The fourth-order valence-corrected chi connectivity index (χ4v) is 4.19. The van der Waals surface area contributed by atoms with Crippen LogP contribution in [-0.4, -0.2) is 18.5 Å². The minimum Gasteiger partial charge on any atom is -0.400 e. The third-order valence-corrected chi connectivity index (χ3v) is 6.05. The molecule has 28 heavy (non-hydrogen) atoms. The monoisotopic (exact) mass is 413 g/mol. The van der Waals surface area contributed by atoms with Crippen LogP contribution in [0.15, 0.2) is 65.6 Å². The molecule has 1 atom stereocenters. The van der Waals surface area contributed by atoms with Crippen molar-refractivity contribution in [3.63, 3.8) is 0 Å². The maximum Gasteiger partial charge on any atom is 0.113 e. The van der Waals surface area contributed by atoms with Crippen LogP contribution in [0.3, 0.4) is 0 Å². The maximum absolute atomic E-state index is 9.60. The van der Waals surface area contributed by atoms with Gasteiger partial charge in [-0.1, -0.05) is 43.9 Å². The average Bonchev–Trinajstić information content (AvgIpc) is 3.04. The molecule has 0 aliphatic heterocycles. The zero-order valence-corrected chi connectivity index (χ0v) is 18.3. The van der Waals surface area contributed by atoms with Gasteiger partial charge in [-0.05, 0) is 37.0 Å². The molecule has 0 bridgehead atoms. The lowest BCUT2D eigenvalue weighted by Gasteiger charge is -2.11. The molecule has 0 fully saturated rings. The quantitative estimate of drug-likeness (QED) is 0.379. The summed E-state index contributed by atoms with van der Waals surface area (Å²) in [5.74, 6) is 0.0638. The molecule has 1 aromatic heterocycles. The van der Waals surface area contributed by atoms with E-state index < -0.39 is 0 Å². The van der Waals surface area contributed by atoms with Crippen molar-refractivity contribution in [2.75, 3.05) is 24.4 Å². The molecule has 0 saturated carbocycles. The summed E-state index contributed by atoms with van der Waals surface area (Å²) in [5, 5.41) is 20.7. The highest BCUT2D eigenvalue weighted by Crippen LogP contribution is 2.43. The van der Waals surface area contributed by atoms with Gasteiger partial charge in [0.05, 0.1) is 5.69 Å². The van der Waals surface area contributed by atoms with E-state index in [0.29, 0.717) is 11.3 Å². The smallest absolute Gasteiger partial charge is 0.113 e. The molecule has 0 spiro atoms. The van der Waals surface area contributed by atoms with Crippen molar-refractivity contribution in [1.29, 1.82) is 5.26 Å². The number of rotatable bonds is 7. The van der Waals surface area contributed by atoms with Crippen LogP contribution in [0.25, 0.3) is 0 Å². The van der Waals surface area contributed by atoms with Gasteiger partial charge in [0.2, 0.25) is 0 Å². The first-order valence-electron chi connectivity index (χ1n) is 8.69. The molecule has 0 radical (unpaired) electrons. The fraction of sp³-hybridized carbons (Fsp3) is 0.227. The van der Waals surface area contributed by atoms with Gasteiger partial charge >= 0.3 is 0 Å². The van der Waals surface area contributed by atoms with Crippen molar-refractivity contribution in [1.82, 2.24) is 0 Å². The van der Waals surface area contributed by atoms with Crippen molar-refractivity contribution in [3.05, 3.63) is 71.2 Å². The summed E-state index contributed by atoms with van der Waals surface area (Å²) in [5.41, 5.74) is 9.37. The second-order valence-electron chi connectivity index (χ2n) is 5.67. The molecular formula is C22H27N3OS2. The van der Waals surface area contributed by atoms with E-state index in [1.165, 1.54) is 11.3 Å². The van der Waals surface area contributed by atoms with Crippen LogP contribution in [0.1, 0.15) is 30.2 Å². The SMILES string of the molecule is C=C/C(=C\C=C/C)C(C)c1sc(Nc2cccc(SC)c2)c(C#N)c1N.CO.